The highest BCUT2D eigenvalue weighted by Crippen LogP contribution is 2.51. The minimum atomic E-state index is -0.363. The summed E-state index contributed by atoms with van der Waals surface area (Å²) in [6, 6.07) is 14.9. The fourth-order valence-corrected chi connectivity index (χ4v) is 6.42. The van der Waals surface area contributed by atoms with E-state index in [4.69, 9.17) is 18.8 Å². The molecule has 2 aromatic rings. The first-order valence-corrected chi connectivity index (χ1v) is 13.7. The van der Waals surface area contributed by atoms with Crippen molar-refractivity contribution >= 4 is 12.8 Å². The van der Waals surface area contributed by atoms with Crippen LogP contribution in [0.2, 0.25) is 5.82 Å². The van der Waals surface area contributed by atoms with Gasteiger partial charge in [0.05, 0.1) is 11.2 Å². The van der Waals surface area contributed by atoms with Gasteiger partial charge in [-0.2, -0.15) is 0 Å². The zero-order valence-electron chi connectivity index (χ0n) is 23.2. The molecule has 3 aliphatic rings. The van der Waals surface area contributed by atoms with E-state index in [9.17, 15) is 5.11 Å². The van der Waals surface area contributed by atoms with E-state index in [1.165, 1.54) is 22.4 Å². The largest absolute Gasteiger partial charge is 0.508 e. The molecule has 2 aromatic carbocycles. The molecule has 0 amide bonds. The Balaban J connectivity index is 1.39. The number of anilines is 1. The summed E-state index contributed by atoms with van der Waals surface area (Å²) < 4.78 is 24.1. The molecule has 2 aliphatic heterocycles. The maximum atomic E-state index is 10.2. The molecule has 0 spiro atoms. The lowest BCUT2D eigenvalue weighted by atomic mass is 9.56. The summed E-state index contributed by atoms with van der Waals surface area (Å²) in [5.74, 6) is 1.10. The van der Waals surface area contributed by atoms with Crippen LogP contribution in [-0.2, 0) is 25.2 Å². The van der Waals surface area contributed by atoms with Gasteiger partial charge in [0.25, 0.3) is 0 Å². The Kier molecular flexibility index (Phi) is 7.36. The van der Waals surface area contributed by atoms with Crippen molar-refractivity contribution in [3.8, 4) is 5.75 Å². The van der Waals surface area contributed by atoms with E-state index in [0.717, 1.165) is 38.8 Å². The number of rotatable bonds is 6. The Morgan fingerprint density at radius 3 is 2.14 bits per heavy atom. The first-order chi connectivity index (χ1) is 17.6. The molecule has 2 saturated heterocycles. The zero-order chi connectivity index (χ0) is 26.4. The number of hydrogen-bond acceptors (Lipinski definition) is 6. The minimum Gasteiger partial charge on any atom is -0.508 e. The second kappa shape index (κ2) is 10.3. The van der Waals surface area contributed by atoms with Crippen LogP contribution in [-0.4, -0.2) is 57.0 Å². The first kappa shape index (κ1) is 26.5. The highest BCUT2D eigenvalue weighted by molar-refractivity contribution is 6.48. The Bertz CT molecular complexity index is 1060. The van der Waals surface area contributed by atoms with Crippen LogP contribution >= 0.6 is 0 Å². The number of methoxy groups -OCH3 is 2. The van der Waals surface area contributed by atoms with E-state index >= 15 is 0 Å². The first-order valence-electron chi connectivity index (χ1n) is 13.7. The fourth-order valence-electron chi connectivity index (χ4n) is 6.42. The van der Waals surface area contributed by atoms with Crippen molar-refractivity contribution in [2.75, 3.05) is 32.2 Å². The highest BCUT2D eigenvalue weighted by atomic mass is 16.7. The van der Waals surface area contributed by atoms with Crippen LogP contribution in [0.4, 0.5) is 5.69 Å². The van der Waals surface area contributed by atoms with Gasteiger partial charge in [-0.25, -0.2) is 0 Å². The molecule has 6 nitrogen and oxygen atoms in total. The second-order valence-electron chi connectivity index (χ2n) is 11.9. The Morgan fingerprint density at radius 2 is 1.54 bits per heavy atom. The molecule has 37 heavy (non-hydrogen) atoms. The van der Waals surface area contributed by atoms with Gasteiger partial charge < -0.3 is 28.8 Å². The molecule has 1 aliphatic carbocycles. The van der Waals surface area contributed by atoms with Crippen LogP contribution < -0.4 is 4.90 Å². The smallest absolute Gasteiger partial charge is 0.462 e. The van der Waals surface area contributed by atoms with Gasteiger partial charge in [0.15, 0.2) is 6.29 Å². The van der Waals surface area contributed by atoms with Crippen molar-refractivity contribution in [1.82, 2.24) is 0 Å². The Morgan fingerprint density at radius 1 is 0.919 bits per heavy atom. The molecule has 2 heterocycles. The van der Waals surface area contributed by atoms with Crippen molar-refractivity contribution in [2.45, 2.75) is 82.6 Å². The van der Waals surface area contributed by atoms with Gasteiger partial charge >= 0.3 is 7.12 Å². The van der Waals surface area contributed by atoms with Crippen LogP contribution in [0.5, 0.6) is 5.75 Å². The van der Waals surface area contributed by atoms with Crippen LogP contribution in [0, 0.1) is 5.92 Å². The molecule has 5 rings (SSSR count). The van der Waals surface area contributed by atoms with Gasteiger partial charge in [0.2, 0.25) is 0 Å². The van der Waals surface area contributed by atoms with E-state index in [1.54, 1.807) is 14.2 Å². The van der Waals surface area contributed by atoms with E-state index in [-0.39, 0.29) is 36.3 Å². The quantitative estimate of drug-likeness (QED) is 0.396. The van der Waals surface area contributed by atoms with Crippen LogP contribution in [0.25, 0.3) is 0 Å². The van der Waals surface area contributed by atoms with E-state index in [1.807, 2.05) is 12.1 Å². The molecule has 1 N–H and O–H groups in total. The fraction of sp³-hybridized carbons (Fsp3) is 0.600. The third-order valence-corrected chi connectivity index (χ3v) is 9.26. The molecule has 7 heteroatoms. The number of piperidine rings is 1. The Hall–Kier alpha value is -2.06. The normalized spacial score (nSPS) is 25.5. The number of aromatic hydroxyl groups is 1. The number of aryl methyl sites for hydroxylation is 1. The van der Waals surface area contributed by atoms with Crippen LogP contribution in [0.1, 0.15) is 69.6 Å². The number of phenols is 1. The number of phenolic OH excluding ortho intramolecular Hbond substituents is 1. The average molecular weight is 507 g/mol. The molecule has 200 valence electrons. The molecular formula is C30H42BNO5. The van der Waals surface area contributed by atoms with Gasteiger partial charge in [-0.05, 0) is 94.3 Å². The third-order valence-electron chi connectivity index (χ3n) is 9.26. The molecule has 0 radical (unpaired) electrons. The van der Waals surface area contributed by atoms with Crippen molar-refractivity contribution < 1.29 is 23.9 Å². The molecule has 0 saturated carbocycles. The van der Waals surface area contributed by atoms with Gasteiger partial charge in [0.1, 0.15) is 5.75 Å². The Labute approximate surface area is 222 Å². The van der Waals surface area contributed by atoms with Crippen molar-refractivity contribution in [1.29, 1.82) is 0 Å². The molecular weight excluding hydrogens is 465 g/mol. The molecule has 0 aromatic heterocycles. The van der Waals surface area contributed by atoms with Crippen molar-refractivity contribution in [3.05, 3.63) is 59.2 Å². The number of fused-ring (bicyclic) bond motifs is 1. The standard InChI is InChI=1S/C30H42BNO5/c1-29(2)30(3,4)37-31(36-29)26-14-9-22-19-24(33)12-13-25(22)27(26)20-7-10-23(11-8-20)32-17-15-21(16-18-32)28(34-5)35-6/h7-8,10-13,19,21,26-28,33H,9,14-18H2,1-6H3. The summed E-state index contributed by atoms with van der Waals surface area (Å²) in [4.78, 5) is 2.46. The summed E-state index contributed by atoms with van der Waals surface area (Å²) in [7, 11) is 3.17. The average Bonchev–Trinajstić information content (AvgIpc) is 3.11. The minimum absolute atomic E-state index is 0.123. The lowest BCUT2D eigenvalue weighted by Crippen LogP contribution is -2.41. The molecule has 2 unspecified atom stereocenters. The summed E-state index contributed by atoms with van der Waals surface area (Å²) in [6.45, 7) is 10.5. The zero-order valence-corrected chi connectivity index (χ0v) is 23.2. The van der Waals surface area contributed by atoms with E-state index in [2.05, 4.69) is 62.9 Å². The lowest BCUT2D eigenvalue weighted by molar-refractivity contribution is -0.141. The third kappa shape index (κ3) is 5.03. The van der Waals surface area contributed by atoms with Gasteiger partial charge in [-0.15, -0.1) is 0 Å². The predicted octanol–water partition coefficient (Wildman–Crippen LogP) is 5.77. The molecule has 0 bridgehead atoms. The summed E-state index contributed by atoms with van der Waals surface area (Å²) in [5, 5.41) is 10.2. The van der Waals surface area contributed by atoms with E-state index < -0.39 is 0 Å². The van der Waals surface area contributed by atoms with Crippen molar-refractivity contribution in [2.24, 2.45) is 5.92 Å². The van der Waals surface area contributed by atoms with Gasteiger partial charge in [0, 0.05) is 50.6 Å². The van der Waals surface area contributed by atoms with Gasteiger partial charge in [-0.3, -0.25) is 0 Å². The van der Waals surface area contributed by atoms with Gasteiger partial charge in [-0.1, -0.05) is 18.2 Å². The van der Waals surface area contributed by atoms with E-state index in [0.29, 0.717) is 11.7 Å². The SMILES string of the molecule is COC(OC)C1CCN(c2ccc(C3c4ccc(O)cc4CCC3B3OC(C)(C)C(C)(C)O3)cc2)CC1. The van der Waals surface area contributed by atoms with Crippen LogP contribution in [0.15, 0.2) is 42.5 Å². The van der Waals surface area contributed by atoms with Crippen LogP contribution in [0.3, 0.4) is 0 Å². The predicted molar refractivity (Wildman–Crippen MR) is 147 cm³/mol. The maximum absolute atomic E-state index is 10.2. The number of nitrogens with zero attached hydrogens (tertiary/aromatic N) is 1. The topological polar surface area (TPSA) is 60.4 Å². The monoisotopic (exact) mass is 507 g/mol. The summed E-state index contributed by atoms with van der Waals surface area (Å²) >= 11 is 0. The number of hydrogen-bond donors (Lipinski definition) is 1. The summed E-state index contributed by atoms with van der Waals surface area (Å²) in [6.07, 6.45) is 3.84. The summed E-state index contributed by atoms with van der Waals surface area (Å²) in [5.41, 5.74) is 4.28. The number of ether oxygens (including phenoxy) is 2. The maximum Gasteiger partial charge on any atom is 0.462 e. The molecule has 2 fully saturated rings. The molecule has 2 atom stereocenters. The van der Waals surface area contributed by atoms with Crippen molar-refractivity contribution in [3.63, 3.8) is 0 Å². The second-order valence-corrected chi connectivity index (χ2v) is 11.9. The highest BCUT2D eigenvalue weighted by Gasteiger charge is 2.55. The lowest BCUT2D eigenvalue weighted by Gasteiger charge is -2.37. The number of benzene rings is 2.